The maximum atomic E-state index is 13.7. The number of halogens is 2. The number of hydrogen-bond acceptors (Lipinski definition) is 5. The van der Waals surface area contributed by atoms with E-state index in [9.17, 15) is 26.8 Å². The third kappa shape index (κ3) is 5.31. The number of ether oxygens (including phenoxy) is 1. The van der Waals surface area contributed by atoms with Gasteiger partial charge in [-0.25, -0.2) is 22.0 Å². The number of amides is 1. The lowest BCUT2D eigenvalue weighted by Crippen LogP contribution is -2.37. The summed E-state index contributed by atoms with van der Waals surface area (Å²) >= 11 is 0. The highest BCUT2D eigenvalue weighted by atomic mass is 32.2. The monoisotopic (exact) mass is 466 g/mol. The standard InChI is InChI=1S/C22H24F2N2O5S/c1-14-10-12-26(13-11-14)32(29,30)17-8-6-16(7-9-17)22(28)31-15(2)21(27)25-20-18(23)4-3-5-19(20)24/h3-9,14-15H,10-13H2,1-2H3,(H,25,27). The predicted molar refractivity (Wildman–Crippen MR) is 113 cm³/mol. The maximum absolute atomic E-state index is 13.7. The Hall–Kier alpha value is -2.85. The zero-order chi connectivity index (χ0) is 23.5. The van der Waals surface area contributed by atoms with Crippen molar-refractivity contribution in [1.82, 2.24) is 4.31 Å². The zero-order valence-corrected chi connectivity index (χ0v) is 18.5. The van der Waals surface area contributed by atoms with E-state index in [-0.39, 0.29) is 10.5 Å². The summed E-state index contributed by atoms with van der Waals surface area (Å²) in [6.07, 6.45) is 0.237. The van der Waals surface area contributed by atoms with Crippen LogP contribution in [0.25, 0.3) is 0 Å². The van der Waals surface area contributed by atoms with Crippen molar-refractivity contribution in [3.8, 4) is 0 Å². The van der Waals surface area contributed by atoms with Gasteiger partial charge >= 0.3 is 5.97 Å². The maximum Gasteiger partial charge on any atom is 0.338 e. The second-order valence-electron chi connectivity index (χ2n) is 7.74. The molecule has 3 rings (SSSR count). The highest BCUT2D eigenvalue weighted by Gasteiger charge is 2.28. The van der Waals surface area contributed by atoms with Crippen LogP contribution in [0, 0.1) is 17.6 Å². The average Bonchev–Trinajstić information content (AvgIpc) is 2.76. The fourth-order valence-electron chi connectivity index (χ4n) is 3.26. The van der Waals surface area contributed by atoms with Crippen molar-refractivity contribution in [2.24, 2.45) is 5.92 Å². The van der Waals surface area contributed by atoms with E-state index in [0.717, 1.165) is 31.0 Å². The number of anilines is 1. The number of piperidine rings is 1. The van der Waals surface area contributed by atoms with Crippen LogP contribution < -0.4 is 5.32 Å². The fraction of sp³-hybridized carbons (Fsp3) is 0.364. The van der Waals surface area contributed by atoms with E-state index in [1.165, 1.54) is 35.5 Å². The van der Waals surface area contributed by atoms with Gasteiger partial charge in [-0.2, -0.15) is 4.31 Å². The van der Waals surface area contributed by atoms with Crippen molar-refractivity contribution in [2.75, 3.05) is 18.4 Å². The third-order valence-electron chi connectivity index (χ3n) is 5.33. The Bertz CT molecular complexity index is 1080. The predicted octanol–water partition coefficient (Wildman–Crippen LogP) is 3.57. The molecule has 0 spiro atoms. The average molecular weight is 467 g/mol. The summed E-state index contributed by atoms with van der Waals surface area (Å²) in [7, 11) is -3.66. The summed E-state index contributed by atoms with van der Waals surface area (Å²) in [6.45, 7) is 4.23. The highest BCUT2D eigenvalue weighted by Crippen LogP contribution is 2.24. The van der Waals surface area contributed by atoms with Crippen molar-refractivity contribution < 1.29 is 31.5 Å². The minimum absolute atomic E-state index is 0.0351. The van der Waals surface area contributed by atoms with Gasteiger partial charge in [0.2, 0.25) is 10.0 Å². The quantitative estimate of drug-likeness (QED) is 0.657. The molecule has 1 atom stereocenters. The molecule has 1 heterocycles. The lowest BCUT2D eigenvalue weighted by molar-refractivity contribution is -0.123. The Kier molecular flexibility index (Phi) is 7.25. The molecule has 0 bridgehead atoms. The van der Waals surface area contributed by atoms with Crippen LogP contribution in [0.5, 0.6) is 0 Å². The van der Waals surface area contributed by atoms with Crippen LogP contribution in [-0.2, 0) is 19.6 Å². The summed E-state index contributed by atoms with van der Waals surface area (Å²) in [5, 5.41) is 2.05. The number of carbonyl (C=O) groups excluding carboxylic acids is 2. The second kappa shape index (κ2) is 9.74. The number of benzene rings is 2. The molecule has 32 heavy (non-hydrogen) atoms. The zero-order valence-electron chi connectivity index (χ0n) is 17.7. The molecule has 1 N–H and O–H groups in total. The van der Waals surface area contributed by atoms with Crippen LogP contribution in [-0.4, -0.2) is 43.8 Å². The second-order valence-corrected chi connectivity index (χ2v) is 9.68. The fourth-order valence-corrected chi connectivity index (χ4v) is 4.73. The molecule has 0 aromatic heterocycles. The molecule has 10 heteroatoms. The number of sulfonamides is 1. The van der Waals surface area contributed by atoms with E-state index in [2.05, 4.69) is 12.2 Å². The van der Waals surface area contributed by atoms with Crippen LogP contribution in [0.1, 0.15) is 37.0 Å². The van der Waals surface area contributed by atoms with Gasteiger partial charge in [0, 0.05) is 13.1 Å². The Morgan fingerprint density at radius 1 is 1.06 bits per heavy atom. The van der Waals surface area contributed by atoms with E-state index >= 15 is 0 Å². The summed E-state index contributed by atoms with van der Waals surface area (Å²) in [5.41, 5.74) is -0.602. The van der Waals surface area contributed by atoms with E-state index in [0.29, 0.717) is 19.0 Å². The van der Waals surface area contributed by atoms with Crippen molar-refractivity contribution in [3.05, 3.63) is 59.7 Å². The molecule has 0 radical (unpaired) electrons. The van der Waals surface area contributed by atoms with Gasteiger partial charge in [-0.1, -0.05) is 13.0 Å². The van der Waals surface area contributed by atoms with Gasteiger partial charge in [0.15, 0.2) is 6.10 Å². The van der Waals surface area contributed by atoms with E-state index < -0.39 is 45.3 Å². The number of rotatable bonds is 6. The minimum Gasteiger partial charge on any atom is -0.449 e. The summed E-state index contributed by atoms with van der Waals surface area (Å²) in [5.74, 6) is -3.24. The minimum atomic E-state index is -3.66. The smallest absolute Gasteiger partial charge is 0.338 e. The van der Waals surface area contributed by atoms with Gasteiger partial charge in [-0.3, -0.25) is 4.79 Å². The van der Waals surface area contributed by atoms with Crippen molar-refractivity contribution in [1.29, 1.82) is 0 Å². The molecule has 1 aliphatic heterocycles. The molecule has 1 aliphatic rings. The molecule has 0 aliphatic carbocycles. The molecule has 1 fully saturated rings. The molecule has 7 nitrogen and oxygen atoms in total. The van der Waals surface area contributed by atoms with Gasteiger partial charge in [0.05, 0.1) is 10.5 Å². The van der Waals surface area contributed by atoms with E-state index in [1.807, 2.05) is 0 Å². The molecule has 0 saturated carbocycles. The summed E-state index contributed by atoms with van der Waals surface area (Å²) in [6, 6.07) is 8.32. The van der Waals surface area contributed by atoms with E-state index in [4.69, 9.17) is 4.74 Å². The number of nitrogens with zero attached hydrogens (tertiary/aromatic N) is 1. The lowest BCUT2D eigenvalue weighted by Gasteiger charge is -2.29. The number of hydrogen-bond donors (Lipinski definition) is 1. The molecule has 1 amide bonds. The largest absolute Gasteiger partial charge is 0.449 e. The number of carbonyl (C=O) groups is 2. The highest BCUT2D eigenvalue weighted by molar-refractivity contribution is 7.89. The molecular formula is C22H24F2N2O5S. The van der Waals surface area contributed by atoms with Gasteiger partial charge in [0.1, 0.15) is 17.3 Å². The molecule has 2 aromatic rings. The first kappa shape index (κ1) is 23.8. The topological polar surface area (TPSA) is 92.8 Å². The van der Waals surface area contributed by atoms with E-state index in [1.54, 1.807) is 0 Å². The van der Waals surface area contributed by atoms with Gasteiger partial charge in [-0.15, -0.1) is 0 Å². The Labute approximate surface area is 185 Å². The van der Waals surface area contributed by atoms with Crippen LogP contribution in [0.15, 0.2) is 47.4 Å². The first-order chi connectivity index (χ1) is 15.1. The molecule has 172 valence electrons. The Morgan fingerprint density at radius 2 is 1.62 bits per heavy atom. The van der Waals surface area contributed by atoms with Gasteiger partial charge < -0.3 is 10.1 Å². The SMILES string of the molecule is CC1CCN(S(=O)(=O)c2ccc(C(=O)OC(C)C(=O)Nc3c(F)cccc3F)cc2)CC1. The number of nitrogens with one attached hydrogen (secondary N) is 1. The van der Waals surface area contributed by atoms with Crippen LogP contribution in [0.4, 0.5) is 14.5 Å². The van der Waals surface area contributed by atoms with Crippen LogP contribution >= 0.6 is 0 Å². The number of para-hydroxylation sites is 1. The van der Waals surface area contributed by atoms with Crippen molar-refractivity contribution in [2.45, 2.75) is 37.7 Å². The van der Waals surface area contributed by atoms with Crippen LogP contribution in [0.2, 0.25) is 0 Å². The summed E-state index contributed by atoms with van der Waals surface area (Å²) in [4.78, 5) is 24.6. The third-order valence-corrected chi connectivity index (χ3v) is 7.25. The molecule has 1 unspecified atom stereocenters. The lowest BCUT2D eigenvalue weighted by atomic mass is 10.0. The summed E-state index contributed by atoms with van der Waals surface area (Å²) < 4.78 is 59.4. The number of esters is 1. The Morgan fingerprint density at radius 3 is 2.19 bits per heavy atom. The Balaban J connectivity index is 1.63. The van der Waals surface area contributed by atoms with Crippen LogP contribution in [0.3, 0.4) is 0 Å². The normalized spacial score (nSPS) is 16.4. The first-order valence-corrected chi connectivity index (χ1v) is 11.6. The van der Waals surface area contributed by atoms with Crippen molar-refractivity contribution >= 4 is 27.6 Å². The van der Waals surface area contributed by atoms with Crippen molar-refractivity contribution in [3.63, 3.8) is 0 Å². The van der Waals surface area contributed by atoms with Gasteiger partial charge in [-0.05, 0) is 62.1 Å². The molecular weight excluding hydrogens is 442 g/mol. The first-order valence-electron chi connectivity index (χ1n) is 10.2. The molecule has 1 saturated heterocycles. The molecule has 2 aromatic carbocycles. The van der Waals surface area contributed by atoms with Gasteiger partial charge in [0.25, 0.3) is 5.91 Å².